The lowest BCUT2D eigenvalue weighted by Gasteiger charge is -2.05. The van der Waals surface area contributed by atoms with E-state index in [1.165, 1.54) is 25.7 Å². The van der Waals surface area contributed by atoms with Gasteiger partial charge in [0.1, 0.15) is 0 Å². The van der Waals surface area contributed by atoms with Crippen molar-refractivity contribution in [2.75, 3.05) is 0 Å². The second-order valence-corrected chi connectivity index (χ2v) is 1.41. The standard InChI is InChI=1S/C4H8.3C2H6/c1-2-4-3-1;3*1-2/h1-4H2;3*1-2H3. The molecule has 1 rings (SSSR count). The third-order valence-electron chi connectivity index (χ3n) is 1.000. The molecule has 0 radical (unpaired) electrons. The van der Waals surface area contributed by atoms with Gasteiger partial charge in [0, 0.05) is 0 Å². The summed E-state index contributed by atoms with van der Waals surface area (Å²) in [6, 6.07) is 0. The fraction of sp³-hybridized carbons (Fsp3) is 1.00. The van der Waals surface area contributed by atoms with Crippen LogP contribution in [0.5, 0.6) is 0 Å². The van der Waals surface area contributed by atoms with Crippen molar-refractivity contribution in [2.24, 2.45) is 0 Å². The van der Waals surface area contributed by atoms with E-state index in [4.69, 9.17) is 0 Å². The highest BCUT2D eigenvalue weighted by atomic mass is 14.0. The number of hydrogen-bond acceptors (Lipinski definition) is 0. The van der Waals surface area contributed by atoms with Gasteiger partial charge in [-0.1, -0.05) is 67.2 Å². The van der Waals surface area contributed by atoms with Crippen LogP contribution in [0.25, 0.3) is 0 Å². The van der Waals surface area contributed by atoms with Crippen molar-refractivity contribution in [3.63, 3.8) is 0 Å². The third-order valence-corrected chi connectivity index (χ3v) is 1.000. The van der Waals surface area contributed by atoms with Crippen LogP contribution in [0.4, 0.5) is 0 Å². The van der Waals surface area contributed by atoms with Crippen LogP contribution in [0.2, 0.25) is 0 Å². The molecule has 0 bridgehead atoms. The molecule has 1 aliphatic carbocycles. The van der Waals surface area contributed by atoms with E-state index in [9.17, 15) is 0 Å². The Labute approximate surface area is 68.0 Å². The van der Waals surface area contributed by atoms with Gasteiger partial charge < -0.3 is 0 Å². The van der Waals surface area contributed by atoms with E-state index in [0.717, 1.165) is 0 Å². The Morgan fingerprint density at radius 1 is 0.400 bits per heavy atom. The summed E-state index contributed by atoms with van der Waals surface area (Å²) in [5, 5.41) is 0. The van der Waals surface area contributed by atoms with E-state index in [2.05, 4.69) is 0 Å². The summed E-state index contributed by atoms with van der Waals surface area (Å²) in [4.78, 5) is 0. The summed E-state index contributed by atoms with van der Waals surface area (Å²) in [6.45, 7) is 12.0. The van der Waals surface area contributed by atoms with Crippen molar-refractivity contribution in [3.05, 3.63) is 0 Å². The SMILES string of the molecule is C1CCC1.CC.CC.CC. The zero-order valence-electron chi connectivity index (χ0n) is 8.83. The maximum atomic E-state index is 2.00. The monoisotopic (exact) mass is 146 g/mol. The van der Waals surface area contributed by atoms with Crippen molar-refractivity contribution >= 4 is 0 Å². The first-order valence-electron chi connectivity index (χ1n) is 5.00. The summed E-state index contributed by atoms with van der Waals surface area (Å²) in [6.07, 6.45) is 6.00. The van der Waals surface area contributed by atoms with Gasteiger partial charge in [-0.15, -0.1) is 0 Å². The van der Waals surface area contributed by atoms with E-state index in [-0.39, 0.29) is 0 Å². The molecule has 10 heavy (non-hydrogen) atoms. The molecule has 0 aromatic rings. The Morgan fingerprint density at radius 2 is 0.500 bits per heavy atom. The van der Waals surface area contributed by atoms with Gasteiger partial charge in [0.25, 0.3) is 0 Å². The van der Waals surface area contributed by atoms with Crippen molar-refractivity contribution in [1.82, 2.24) is 0 Å². The minimum atomic E-state index is 1.50. The van der Waals surface area contributed by atoms with E-state index in [1.54, 1.807) is 0 Å². The lowest BCUT2D eigenvalue weighted by Crippen LogP contribution is -1.85. The molecule has 0 aromatic carbocycles. The van der Waals surface area contributed by atoms with E-state index < -0.39 is 0 Å². The summed E-state index contributed by atoms with van der Waals surface area (Å²) in [7, 11) is 0. The van der Waals surface area contributed by atoms with Crippen LogP contribution in [0, 0.1) is 0 Å². The van der Waals surface area contributed by atoms with Gasteiger partial charge in [-0.05, 0) is 0 Å². The first-order valence-corrected chi connectivity index (χ1v) is 5.00. The van der Waals surface area contributed by atoms with Crippen LogP contribution >= 0.6 is 0 Å². The lowest BCUT2D eigenvalue weighted by molar-refractivity contribution is 0.504. The Morgan fingerprint density at radius 3 is 0.500 bits per heavy atom. The third kappa shape index (κ3) is 24.5. The minimum Gasteiger partial charge on any atom is -0.0683 e. The van der Waals surface area contributed by atoms with Crippen LogP contribution in [0.3, 0.4) is 0 Å². The van der Waals surface area contributed by atoms with E-state index >= 15 is 0 Å². The molecule has 0 atom stereocenters. The summed E-state index contributed by atoms with van der Waals surface area (Å²) < 4.78 is 0. The fourth-order valence-corrected chi connectivity index (χ4v) is 0.250. The van der Waals surface area contributed by atoms with Crippen molar-refractivity contribution in [3.8, 4) is 0 Å². The molecule has 0 saturated heterocycles. The summed E-state index contributed by atoms with van der Waals surface area (Å²) >= 11 is 0. The van der Waals surface area contributed by atoms with Gasteiger partial charge in [-0.3, -0.25) is 0 Å². The molecule has 0 heterocycles. The average Bonchev–Trinajstić information content (AvgIpc) is 1.96. The average molecular weight is 146 g/mol. The first-order chi connectivity index (χ1) is 5.00. The molecule has 1 fully saturated rings. The Kier molecular flexibility index (Phi) is 59.5. The molecule has 0 unspecified atom stereocenters. The largest absolute Gasteiger partial charge is 0.0683 e. The fourth-order valence-electron chi connectivity index (χ4n) is 0.250. The van der Waals surface area contributed by atoms with E-state index in [1.807, 2.05) is 41.5 Å². The zero-order valence-corrected chi connectivity index (χ0v) is 8.83. The lowest BCUT2D eigenvalue weighted by atomic mass is 10.0. The molecule has 0 heteroatoms. The van der Waals surface area contributed by atoms with Crippen molar-refractivity contribution in [2.45, 2.75) is 67.2 Å². The first kappa shape index (κ1) is 16.5. The molecular formula is C10H26. The molecule has 0 nitrogen and oxygen atoms in total. The summed E-state index contributed by atoms with van der Waals surface area (Å²) in [5.41, 5.74) is 0. The van der Waals surface area contributed by atoms with Crippen LogP contribution in [0.15, 0.2) is 0 Å². The molecular weight excluding hydrogens is 120 g/mol. The Bertz CT molecular complexity index is 8.00. The van der Waals surface area contributed by atoms with Gasteiger partial charge in [-0.2, -0.15) is 0 Å². The zero-order chi connectivity index (χ0) is 8.83. The van der Waals surface area contributed by atoms with Gasteiger partial charge in [-0.25, -0.2) is 0 Å². The van der Waals surface area contributed by atoms with Crippen LogP contribution in [-0.2, 0) is 0 Å². The molecule has 0 N–H and O–H groups in total. The van der Waals surface area contributed by atoms with Crippen LogP contribution in [-0.4, -0.2) is 0 Å². The number of hydrogen-bond donors (Lipinski definition) is 0. The van der Waals surface area contributed by atoms with Gasteiger partial charge in [0.2, 0.25) is 0 Å². The molecule has 0 amide bonds. The highest BCUT2D eigenvalue weighted by Gasteiger charge is 1.95. The van der Waals surface area contributed by atoms with Gasteiger partial charge >= 0.3 is 0 Å². The molecule has 0 spiro atoms. The molecule has 0 aliphatic heterocycles. The van der Waals surface area contributed by atoms with Crippen LogP contribution in [0.1, 0.15) is 67.2 Å². The predicted octanol–water partition coefficient (Wildman–Crippen LogP) is 4.64. The van der Waals surface area contributed by atoms with Crippen LogP contribution < -0.4 is 0 Å². The van der Waals surface area contributed by atoms with Crippen molar-refractivity contribution < 1.29 is 0 Å². The van der Waals surface area contributed by atoms with Gasteiger partial charge in [0.15, 0.2) is 0 Å². The van der Waals surface area contributed by atoms with Crippen molar-refractivity contribution in [1.29, 1.82) is 0 Å². The second kappa shape index (κ2) is 36.0. The molecule has 0 aromatic heterocycles. The Hall–Kier alpha value is 0. The maximum Gasteiger partial charge on any atom is -0.0533 e. The predicted molar refractivity (Wildman–Crippen MR) is 52.5 cm³/mol. The normalized spacial score (nSPS) is 11.4. The molecule has 1 saturated carbocycles. The quantitative estimate of drug-likeness (QED) is 0.467. The Balaban J connectivity index is -0.0000000729. The number of rotatable bonds is 0. The highest BCUT2D eigenvalue weighted by Crippen LogP contribution is 2.15. The maximum absolute atomic E-state index is 2.00. The summed E-state index contributed by atoms with van der Waals surface area (Å²) in [5.74, 6) is 0. The molecule has 1 aliphatic rings. The highest BCUT2D eigenvalue weighted by molar-refractivity contribution is 4.50. The smallest absolute Gasteiger partial charge is 0.0533 e. The minimum absolute atomic E-state index is 1.50. The van der Waals surface area contributed by atoms with E-state index in [0.29, 0.717) is 0 Å². The molecule has 66 valence electrons. The second-order valence-electron chi connectivity index (χ2n) is 1.41. The van der Waals surface area contributed by atoms with Gasteiger partial charge in [0.05, 0.1) is 0 Å². The topological polar surface area (TPSA) is 0 Å².